The van der Waals surface area contributed by atoms with Crippen LogP contribution in [0.15, 0.2) is 0 Å². The summed E-state index contributed by atoms with van der Waals surface area (Å²) in [5.41, 5.74) is 0. The Morgan fingerprint density at radius 2 is 1.92 bits per heavy atom. The Balaban J connectivity index is 0. The number of carbonyl (C=O) groups excluding carboxylic acids is 1. The molecule has 0 saturated heterocycles. The zero-order chi connectivity index (χ0) is 9.56. The van der Waals surface area contributed by atoms with Crippen LogP contribution in [0, 0.1) is 0 Å². The summed E-state index contributed by atoms with van der Waals surface area (Å²) in [5, 5.41) is 13.4. The second kappa shape index (κ2) is 9.00. The third-order valence-corrected chi connectivity index (χ3v) is 1.70. The molecule has 0 aromatic carbocycles. The van der Waals surface area contributed by atoms with E-state index in [1.165, 1.54) is 6.92 Å². The van der Waals surface area contributed by atoms with Gasteiger partial charge in [0.1, 0.15) is 0 Å². The Kier molecular flexibility index (Phi) is 11.0. The van der Waals surface area contributed by atoms with E-state index >= 15 is 0 Å². The molecular formula is C9H18NNaO2. The van der Waals surface area contributed by atoms with Gasteiger partial charge in [0.2, 0.25) is 5.91 Å². The van der Waals surface area contributed by atoms with Gasteiger partial charge in [-0.1, -0.05) is 19.8 Å². The number of hydrogen-bond acceptors (Lipinski definition) is 2. The minimum Gasteiger partial charge on any atom is -0.852 e. The monoisotopic (exact) mass is 195 g/mol. The van der Waals surface area contributed by atoms with Gasteiger partial charge < -0.3 is 10.4 Å². The molecule has 0 spiro atoms. The van der Waals surface area contributed by atoms with Gasteiger partial charge in [-0.3, -0.25) is 4.79 Å². The minimum absolute atomic E-state index is 0. The molecule has 0 bridgehead atoms. The van der Waals surface area contributed by atoms with Gasteiger partial charge in [-0.05, 0) is 13.3 Å². The van der Waals surface area contributed by atoms with E-state index in [4.69, 9.17) is 0 Å². The van der Waals surface area contributed by atoms with E-state index in [1.807, 2.05) is 6.92 Å². The number of hydrogen-bond donors (Lipinski definition) is 1. The molecule has 0 aliphatic carbocycles. The molecular weight excluding hydrogens is 177 g/mol. The van der Waals surface area contributed by atoms with Crippen molar-refractivity contribution in [1.82, 2.24) is 5.32 Å². The predicted octanol–water partition coefficient (Wildman–Crippen LogP) is -2.57. The molecule has 0 aromatic heterocycles. The van der Waals surface area contributed by atoms with E-state index in [0.29, 0.717) is 6.42 Å². The molecule has 0 heterocycles. The van der Waals surface area contributed by atoms with Gasteiger partial charge in [-0.2, -0.15) is 0 Å². The van der Waals surface area contributed by atoms with Crippen LogP contribution in [0.1, 0.15) is 40.0 Å². The van der Waals surface area contributed by atoms with Crippen molar-refractivity contribution in [3.8, 4) is 0 Å². The van der Waals surface area contributed by atoms with E-state index < -0.39 is 6.10 Å². The fourth-order valence-corrected chi connectivity index (χ4v) is 1.13. The number of amides is 1. The van der Waals surface area contributed by atoms with Crippen molar-refractivity contribution in [2.24, 2.45) is 0 Å². The molecule has 1 amide bonds. The smallest absolute Gasteiger partial charge is 0.852 e. The van der Waals surface area contributed by atoms with Gasteiger partial charge in [0.05, 0.1) is 0 Å². The summed E-state index contributed by atoms with van der Waals surface area (Å²) in [4.78, 5) is 10.6. The number of rotatable bonds is 5. The van der Waals surface area contributed by atoms with Crippen LogP contribution in [0.5, 0.6) is 0 Å². The number of carbonyl (C=O) groups is 1. The third-order valence-electron chi connectivity index (χ3n) is 1.70. The molecule has 72 valence electrons. The molecule has 0 fully saturated rings. The minimum atomic E-state index is -0.477. The number of nitrogens with one attached hydrogen (secondary N) is 1. The van der Waals surface area contributed by atoms with Crippen LogP contribution >= 0.6 is 0 Å². The molecule has 4 heteroatoms. The molecule has 0 radical (unpaired) electrons. The molecule has 0 saturated carbocycles. The second-order valence-electron chi connectivity index (χ2n) is 3.34. The standard InChI is InChI=1S/C9H18NO2.Na/c1-7(10-9(3)12)5-4-6-8(2)11;/h7-8H,4-6H2,1-3H3,(H,10,12);/q-1;+1. The average Bonchev–Trinajstić information content (AvgIpc) is 1.84. The van der Waals surface area contributed by atoms with Crippen LogP contribution in [-0.2, 0) is 4.79 Å². The maximum absolute atomic E-state index is 10.6. The SMILES string of the molecule is CC(=O)NC(C)CCCC(C)[O-].[Na+]. The predicted molar refractivity (Wildman–Crippen MR) is 46.6 cm³/mol. The van der Waals surface area contributed by atoms with Crippen molar-refractivity contribution in [2.45, 2.75) is 52.2 Å². The van der Waals surface area contributed by atoms with Gasteiger partial charge in [0, 0.05) is 13.0 Å². The average molecular weight is 195 g/mol. The second-order valence-corrected chi connectivity index (χ2v) is 3.34. The first kappa shape index (κ1) is 15.9. The van der Waals surface area contributed by atoms with Crippen LogP contribution in [0.4, 0.5) is 0 Å². The molecule has 13 heavy (non-hydrogen) atoms. The summed E-state index contributed by atoms with van der Waals surface area (Å²) in [5.74, 6) is -0.00216. The van der Waals surface area contributed by atoms with Gasteiger partial charge in [-0.25, -0.2) is 0 Å². The molecule has 1 N–H and O–H groups in total. The largest absolute Gasteiger partial charge is 1.00 e. The Morgan fingerprint density at radius 1 is 1.38 bits per heavy atom. The van der Waals surface area contributed by atoms with E-state index in [2.05, 4.69) is 5.32 Å². The van der Waals surface area contributed by atoms with Crippen LogP contribution in [-0.4, -0.2) is 18.1 Å². The summed E-state index contributed by atoms with van der Waals surface area (Å²) < 4.78 is 0. The summed E-state index contributed by atoms with van der Waals surface area (Å²) in [6.07, 6.45) is 2.01. The topological polar surface area (TPSA) is 52.2 Å². The summed E-state index contributed by atoms with van der Waals surface area (Å²) in [6, 6.07) is 0.196. The van der Waals surface area contributed by atoms with Crippen molar-refractivity contribution >= 4 is 5.91 Å². The van der Waals surface area contributed by atoms with Gasteiger partial charge in [0.15, 0.2) is 0 Å². The molecule has 3 nitrogen and oxygen atoms in total. The van der Waals surface area contributed by atoms with E-state index in [-0.39, 0.29) is 41.5 Å². The summed E-state index contributed by atoms with van der Waals surface area (Å²) >= 11 is 0. The van der Waals surface area contributed by atoms with E-state index in [0.717, 1.165) is 12.8 Å². The van der Waals surface area contributed by atoms with E-state index in [1.54, 1.807) is 6.92 Å². The fraction of sp³-hybridized carbons (Fsp3) is 0.889. The van der Waals surface area contributed by atoms with Crippen molar-refractivity contribution < 1.29 is 39.5 Å². The van der Waals surface area contributed by atoms with Crippen LogP contribution in [0.2, 0.25) is 0 Å². The Hall–Kier alpha value is 0.430. The van der Waals surface area contributed by atoms with Crippen molar-refractivity contribution in [3.05, 3.63) is 0 Å². The maximum atomic E-state index is 10.6. The zero-order valence-electron chi connectivity index (χ0n) is 9.09. The van der Waals surface area contributed by atoms with Gasteiger partial charge in [0.25, 0.3) is 0 Å². The van der Waals surface area contributed by atoms with Crippen molar-refractivity contribution in [1.29, 1.82) is 0 Å². The van der Waals surface area contributed by atoms with Gasteiger partial charge in [-0.15, -0.1) is 6.10 Å². The Bertz CT molecular complexity index is 140. The Morgan fingerprint density at radius 3 is 2.31 bits per heavy atom. The van der Waals surface area contributed by atoms with Gasteiger partial charge >= 0.3 is 29.6 Å². The molecule has 0 aliphatic heterocycles. The normalized spacial score (nSPS) is 14.2. The third kappa shape index (κ3) is 12.4. The quantitative estimate of drug-likeness (QED) is 0.490. The summed E-state index contributed by atoms with van der Waals surface area (Å²) in [6.45, 7) is 5.13. The first-order chi connectivity index (χ1) is 5.52. The molecule has 2 unspecified atom stereocenters. The Labute approximate surface area is 103 Å². The summed E-state index contributed by atoms with van der Waals surface area (Å²) in [7, 11) is 0. The van der Waals surface area contributed by atoms with Crippen LogP contribution in [0.3, 0.4) is 0 Å². The van der Waals surface area contributed by atoms with Crippen molar-refractivity contribution in [3.63, 3.8) is 0 Å². The zero-order valence-corrected chi connectivity index (χ0v) is 11.1. The van der Waals surface area contributed by atoms with Crippen LogP contribution < -0.4 is 40.0 Å². The maximum Gasteiger partial charge on any atom is 1.00 e. The van der Waals surface area contributed by atoms with E-state index in [9.17, 15) is 9.90 Å². The molecule has 0 aromatic rings. The first-order valence-corrected chi connectivity index (χ1v) is 4.45. The van der Waals surface area contributed by atoms with Crippen LogP contribution in [0.25, 0.3) is 0 Å². The first-order valence-electron chi connectivity index (χ1n) is 4.45. The molecule has 0 aliphatic rings. The van der Waals surface area contributed by atoms with Crippen molar-refractivity contribution in [2.75, 3.05) is 0 Å². The fourth-order valence-electron chi connectivity index (χ4n) is 1.13. The molecule has 2 atom stereocenters. The molecule has 0 rings (SSSR count).